The van der Waals surface area contributed by atoms with E-state index >= 15 is 0 Å². The Morgan fingerprint density at radius 1 is 1.13 bits per heavy atom. The van der Waals surface area contributed by atoms with Gasteiger partial charge in [0.1, 0.15) is 22.9 Å². The molecule has 0 bridgehead atoms. The molecule has 1 aliphatic rings. The minimum atomic E-state index is -0.624. The second-order valence-corrected chi connectivity index (χ2v) is 9.91. The van der Waals surface area contributed by atoms with Crippen molar-refractivity contribution in [2.75, 3.05) is 26.9 Å². The van der Waals surface area contributed by atoms with Crippen molar-refractivity contribution in [1.29, 1.82) is 0 Å². The quantitative estimate of drug-likeness (QED) is 0.241. The summed E-state index contributed by atoms with van der Waals surface area (Å²) >= 11 is 1.21. The molecule has 0 saturated carbocycles. The average Bonchev–Trinajstić information content (AvgIpc) is 3.43. The number of para-hydroxylation sites is 2. The number of carbonyl (C=O) groups excluding carboxylic acids is 2. The van der Waals surface area contributed by atoms with Gasteiger partial charge >= 0.3 is 5.97 Å². The molecule has 0 radical (unpaired) electrons. The van der Waals surface area contributed by atoms with Crippen LogP contribution >= 0.6 is 11.8 Å². The number of aryl methyl sites for hydroxylation is 1. The lowest BCUT2D eigenvalue weighted by molar-refractivity contribution is -0.138. The summed E-state index contributed by atoms with van der Waals surface area (Å²) in [4.78, 5) is 30.6. The summed E-state index contributed by atoms with van der Waals surface area (Å²) < 4.78 is 12.2. The van der Waals surface area contributed by atoms with Gasteiger partial charge in [0.2, 0.25) is 5.91 Å². The van der Waals surface area contributed by atoms with Gasteiger partial charge in [-0.3, -0.25) is 4.79 Å². The van der Waals surface area contributed by atoms with Crippen molar-refractivity contribution in [2.45, 2.75) is 33.2 Å². The number of aliphatic imine (C=N–C) groups is 1. The highest BCUT2D eigenvalue weighted by atomic mass is 32.2. The van der Waals surface area contributed by atoms with Crippen molar-refractivity contribution in [2.24, 2.45) is 4.99 Å². The highest BCUT2D eigenvalue weighted by Crippen LogP contribution is 2.41. The van der Waals surface area contributed by atoms with E-state index < -0.39 is 5.97 Å². The number of nitrogens with one attached hydrogen (secondary N) is 1. The van der Waals surface area contributed by atoms with Crippen molar-refractivity contribution in [3.63, 3.8) is 0 Å². The van der Waals surface area contributed by atoms with Crippen molar-refractivity contribution in [3.05, 3.63) is 82.1 Å². The van der Waals surface area contributed by atoms with Gasteiger partial charge < -0.3 is 24.5 Å². The first kappa shape index (κ1) is 28.2. The van der Waals surface area contributed by atoms with Gasteiger partial charge in [-0.2, -0.15) is 0 Å². The van der Waals surface area contributed by atoms with Gasteiger partial charge in [0, 0.05) is 37.4 Å². The molecule has 0 atom stereocenters. The van der Waals surface area contributed by atoms with E-state index in [9.17, 15) is 14.7 Å². The second-order valence-electron chi connectivity index (χ2n) is 8.88. The number of carbonyl (C=O) groups is 2. The zero-order valence-electron chi connectivity index (χ0n) is 22.4. The summed E-state index contributed by atoms with van der Waals surface area (Å²) in [6.07, 6.45) is 5.29. The van der Waals surface area contributed by atoms with Gasteiger partial charge in [0.15, 0.2) is 0 Å². The van der Waals surface area contributed by atoms with Crippen molar-refractivity contribution in [3.8, 4) is 0 Å². The van der Waals surface area contributed by atoms with E-state index in [0.29, 0.717) is 28.8 Å². The van der Waals surface area contributed by atoms with Crippen molar-refractivity contribution < 1.29 is 24.2 Å². The normalized spacial score (nSPS) is 15.5. The number of esters is 1. The number of aliphatic hydroxyl groups is 1. The van der Waals surface area contributed by atoms with E-state index in [2.05, 4.69) is 23.3 Å². The van der Waals surface area contributed by atoms with Gasteiger partial charge in [-0.25, -0.2) is 9.79 Å². The molecule has 9 heteroatoms. The van der Waals surface area contributed by atoms with Crippen LogP contribution in [0.25, 0.3) is 17.0 Å². The number of hydrogen-bond donors (Lipinski definition) is 2. The van der Waals surface area contributed by atoms with Gasteiger partial charge in [-0.15, -0.1) is 0 Å². The zero-order chi connectivity index (χ0) is 27.8. The van der Waals surface area contributed by atoms with E-state index in [1.807, 2.05) is 59.3 Å². The summed E-state index contributed by atoms with van der Waals surface area (Å²) in [5.74, 6) is -0.883. The number of nitrogens with zero attached hydrogens (tertiary/aromatic N) is 2. The molecule has 2 N–H and O–H groups in total. The first-order chi connectivity index (χ1) is 19.0. The van der Waals surface area contributed by atoms with Crippen LogP contribution < -0.4 is 5.32 Å². The largest absolute Gasteiger partial charge is 0.506 e. The molecular weight excluding hydrogens is 514 g/mol. The minimum Gasteiger partial charge on any atom is -0.506 e. The molecule has 0 saturated heterocycles. The Hall–Kier alpha value is -3.82. The van der Waals surface area contributed by atoms with Crippen LogP contribution in [0.3, 0.4) is 0 Å². The van der Waals surface area contributed by atoms with Crippen LogP contribution in [0, 0.1) is 0 Å². The van der Waals surface area contributed by atoms with E-state index in [4.69, 9.17) is 9.47 Å². The lowest BCUT2D eigenvalue weighted by Crippen LogP contribution is -2.28. The molecule has 39 heavy (non-hydrogen) atoms. The molecule has 2 heterocycles. The smallest absolute Gasteiger partial charge is 0.344 e. The number of ether oxygens (including phenoxy) is 2. The number of methoxy groups -OCH3 is 1. The fourth-order valence-corrected chi connectivity index (χ4v) is 5.42. The van der Waals surface area contributed by atoms with E-state index in [-0.39, 0.29) is 30.4 Å². The molecule has 204 valence electrons. The monoisotopic (exact) mass is 547 g/mol. The summed E-state index contributed by atoms with van der Waals surface area (Å²) in [6, 6.07) is 15.3. The maximum absolute atomic E-state index is 12.8. The Labute approximate surface area is 232 Å². The number of aromatic nitrogens is 1. The van der Waals surface area contributed by atoms with Crippen LogP contribution in [0.5, 0.6) is 0 Å². The Balaban J connectivity index is 1.73. The van der Waals surface area contributed by atoms with Crippen molar-refractivity contribution in [1.82, 2.24) is 9.88 Å². The third-order valence-corrected chi connectivity index (χ3v) is 7.22. The summed E-state index contributed by atoms with van der Waals surface area (Å²) in [5, 5.41) is 15.4. The van der Waals surface area contributed by atoms with Gasteiger partial charge in [-0.05, 0) is 43.5 Å². The van der Waals surface area contributed by atoms with Crippen LogP contribution in [0.1, 0.15) is 31.4 Å². The molecule has 4 rings (SSSR count). The fraction of sp³-hybridized carbons (Fsp3) is 0.300. The molecule has 1 aromatic heterocycles. The molecule has 0 fully saturated rings. The maximum atomic E-state index is 12.8. The first-order valence-electron chi connectivity index (χ1n) is 13.0. The molecule has 0 unspecified atom stereocenters. The minimum absolute atomic E-state index is 0.0466. The van der Waals surface area contributed by atoms with Crippen LogP contribution in [-0.2, 0) is 32.0 Å². The van der Waals surface area contributed by atoms with Crippen LogP contribution in [0.4, 0.5) is 5.69 Å². The van der Waals surface area contributed by atoms with Crippen LogP contribution in [0.15, 0.2) is 76.0 Å². The molecular formula is C30H33N3O5S. The maximum Gasteiger partial charge on any atom is 0.344 e. The predicted octanol–water partition coefficient (Wildman–Crippen LogP) is 5.55. The Bertz CT molecular complexity index is 1440. The zero-order valence-corrected chi connectivity index (χ0v) is 23.2. The Morgan fingerprint density at radius 2 is 1.92 bits per heavy atom. The van der Waals surface area contributed by atoms with Crippen molar-refractivity contribution >= 4 is 51.3 Å². The van der Waals surface area contributed by atoms with E-state index in [1.54, 1.807) is 14.0 Å². The fourth-order valence-electron chi connectivity index (χ4n) is 4.40. The first-order valence-corrected chi connectivity index (χ1v) is 13.8. The number of aliphatic hydroxyl groups excluding tert-OH is 1. The molecule has 1 amide bonds. The lowest BCUT2D eigenvalue weighted by Gasteiger charge is -2.09. The Morgan fingerprint density at radius 3 is 2.64 bits per heavy atom. The molecule has 0 spiro atoms. The molecule has 0 aliphatic carbocycles. The number of rotatable bonds is 11. The highest BCUT2D eigenvalue weighted by Gasteiger charge is 2.33. The molecule has 8 nitrogen and oxygen atoms in total. The molecule has 3 aromatic rings. The average molecular weight is 548 g/mol. The number of fused-ring (bicyclic) bond motifs is 1. The standard InChI is InChI=1S/C30H33N3O5S/c1-4-20-11-9-14-23-21(18-33(27(20)23)19-25(34)31-15-10-16-37-3)17-24-28(35)26(30(36)38-5-2)29(39-24)32-22-12-7-6-8-13-22/h6-9,11-14,17-18,35H,4-5,10,15-16,19H2,1-3H3,(H,31,34)/b24-17-,32-29?. The topological polar surface area (TPSA) is 102 Å². The van der Waals surface area contributed by atoms with E-state index in [1.165, 1.54) is 11.8 Å². The van der Waals surface area contributed by atoms with Crippen LogP contribution in [0.2, 0.25) is 0 Å². The van der Waals surface area contributed by atoms with E-state index in [0.717, 1.165) is 34.9 Å². The van der Waals surface area contributed by atoms with Gasteiger partial charge in [0.05, 0.1) is 22.7 Å². The summed E-state index contributed by atoms with van der Waals surface area (Å²) in [6.45, 7) is 5.26. The van der Waals surface area contributed by atoms with Crippen LogP contribution in [-0.4, -0.2) is 53.5 Å². The van der Waals surface area contributed by atoms with Gasteiger partial charge in [-0.1, -0.05) is 55.1 Å². The Kier molecular flexibility index (Phi) is 9.62. The number of hydrogen-bond acceptors (Lipinski definition) is 7. The third-order valence-electron chi connectivity index (χ3n) is 6.20. The molecule has 1 aliphatic heterocycles. The highest BCUT2D eigenvalue weighted by molar-refractivity contribution is 8.18. The second kappa shape index (κ2) is 13.3. The SMILES string of the molecule is CCOC(=O)C1=C(O)/C(=C/c2cn(CC(=O)NCCCOC)c3c(CC)cccc23)SC1=Nc1ccccc1. The number of amides is 1. The summed E-state index contributed by atoms with van der Waals surface area (Å²) in [7, 11) is 1.64. The number of thioether (sulfide) groups is 1. The molecule has 2 aromatic carbocycles. The number of benzene rings is 2. The van der Waals surface area contributed by atoms with Gasteiger partial charge in [0.25, 0.3) is 0 Å². The lowest BCUT2D eigenvalue weighted by atomic mass is 10.1. The third kappa shape index (κ3) is 6.61. The predicted molar refractivity (Wildman–Crippen MR) is 156 cm³/mol. The summed E-state index contributed by atoms with van der Waals surface area (Å²) in [5.41, 5.74) is 3.61.